The number of ether oxygens (including phenoxy) is 1. The van der Waals surface area contributed by atoms with Crippen molar-refractivity contribution in [2.24, 2.45) is 0 Å². The first-order valence-electron chi connectivity index (χ1n) is 9.88. The van der Waals surface area contributed by atoms with Gasteiger partial charge in [0, 0.05) is 55.5 Å². The van der Waals surface area contributed by atoms with Crippen molar-refractivity contribution in [3.63, 3.8) is 0 Å². The van der Waals surface area contributed by atoms with Crippen molar-refractivity contribution in [2.75, 3.05) is 33.3 Å². The van der Waals surface area contributed by atoms with Gasteiger partial charge in [0.25, 0.3) is 0 Å². The fourth-order valence-corrected chi connectivity index (χ4v) is 3.92. The zero-order valence-corrected chi connectivity index (χ0v) is 18.0. The van der Waals surface area contributed by atoms with Crippen LogP contribution >= 0.6 is 15.9 Å². The molecule has 0 radical (unpaired) electrons. The molecule has 3 rings (SSSR count). The zero-order chi connectivity index (χ0) is 19.8. The molecule has 0 spiro atoms. The number of hydrogen-bond acceptors (Lipinski definition) is 4. The molecule has 0 bridgehead atoms. The molecule has 1 saturated heterocycles. The molecule has 1 aliphatic rings. The van der Waals surface area contributed by atoms with E-state index < -0.39 is 0 Å². The molecule has 2 heterocycles. The number of piperidine rings is 1. The van der Waals surface area contributed by atoms with Gasteiger partial charge in [-0.2, -0.15) is 0 Å². The number of halogens is 1. The molecule has 5 nitrogen and oxygen atoms in total. The quantitative estimate of drug-likeness (QED) is 0.619. The van der Waals surface area contributed by atoms with E-state index in [1.54, 1.807) is 0 Å². The van der Waals surface area contributed by atoms with Crippen molar-refractivity contribution < 1.29 is 9.53 Å². The minimum atomic E-state index is 0.155. The van der Waals surface area contributed by atoms with E-state index in [-0.39, 0.29) is 5.91 Å². The molecule has 0 saturated carbocycles. The summed E-state index contributed by atoms with van der Waals surface area (Å²) in [6, 6.07) is 14.1. The second-order valence-corrected chi connectivity index (χ2v) is 8.12. The molecule has 2 aromatic rings. The van der Waals surface area contributed by atoms with Crippen LogP contribution in [-0.4, -0.2) is 60.0 Å². The third-order valence-corrected chi connectivity index (χ3v) is 5.78. The molecule has 28 heavy (non-hydrogen) atoms. The highest BCUT2D eigenvalue weighted by Gasteiger charge is 2.25. The lowest BCUT2D eigenvalue weighted by Gasteiger charge is -2.36. The first kappa shape index (κ1) is 20.8. The number of nitrogens with zero attached hydrogens (tertiary/aromatic N) is 3. The van der Waals surface area contributed by atoms with Crippen LogP contribution in [0, 0.1) is 0 Å². The first-order chi connectivity index (χ1) is 13.6. The van der Waals surface area contributed by atoms with Crippen LogP contribution in [0.25, 0.3) is 0 Å². The third kappa shape index (κ3) is 6.31. The minimum absolute atomic E-state index is 0.155. The highest BCUT2D eigenvalue weighted by molar-refractivity contribution is 9.10. The lowest BCUT2D eigenvalue weighted by Crippen LogP contribution is -2.46. The van der Waals surface area contributed by atoms with Gasteiger partial charge in [-0.25, -0.2) is 0 Å². The van der Waals surface area contributed by atoms with Crippen molar-refractivity contribution in [1.82, 2.24) is 14.8 Å². The molecule has 1 aliphatic heterocycles. The van der Waals surface area contributed by atoms with E-state index in [4.69, 9.17) is 4.74 Å². The molecule has 0 N–H and O–H groups in total. The number of carbonyl (C=O) groups is 1. The molecule has 1 aromatic heterocycles. The van der Waals surface area contributed by atoms with Gasteiger partial charge in [-0.15, -0.1) is 0 Å². The minimum Gasteiger partial charge on any atom is -0.493 e. The average molecular weight is 446 g/mol. The van der Waals surface area contributed by atoms with Crippen molar-refractivity contribution in [3.8, 4) is 5.75 Å². The van der Waals surface area contributed by atoms with Crippen LogP contribution in [0.2, 0.25) is 0 Å². The van der Waals surface area contributed by atoms with Crippen molar-refractivity contribution >= 4 is 21.8 Å². The van der Waals surface area contributed by atoms with Crippen LogP contribution in [0.1, 0.15) is 25.0 Å². The lowest BCUT2D eigenvalue weighted by atomic mass is 10.0. The SMILES string of the molecule is CN(C(=O)CCOc1cccc(Br)c1)C1CCN(CCc2ccccn2)CC1. The topological polar surface area (TPSA) is 45.7 Å². The van der Waals surface area contributed by atoms with Crippen LogP contribution in [0.4, 0.5) is 0 Å². The number of benzene rings is 1. The summed E-state index contributed by atoms with van der Waals surface area (Å²) in [5, 5.41) is 0. The Morgan fingerprint density at radius 3 is 2.79 bits per heavy atom. The fourth-order valence-electron chi connectivity index (χ4n) is 3.54. The van der Waals surface area contributed by atoms with E-state index in [0.717, 1.165) is 54.8 Å². The van der Waals surface area contributed by atoms with Gasteiger partial charge in [0.15, 0.2) is 0 Å². The maximum Gasteiger partial charge on any atom is 0.225 e. The van der Waals surface area contributed by atoms with Crippen molar-refractivity contribution in [3.05, 3.63) is 58.8 Å². The van der Waals surface area contributed by atoms with Crippen LogP contribution in [0.5, 0.6) is 5.75 Å². The summed E-state index contributed by atoms with van der Waals surface area (Å²) in [5.41, 5.74) is 1.14. The number of aromatic nitrogens is 1. The second-order valence-electron chi connectivity index (χ2n) is 7.20. The molecule has 1 fully saturated rings. The molecule has 0 atom stereocenters. The van der Waals surface area contributed by atoms with Gasteiger partial charge >= 0.3 is 0 Å². The van der Waals surface area contributed by atoms with Gasteiger partial charge in [0.2, 0.25) is 5.91 Å². The largest absolute Gasteiger partial charge is 0.493 e. The molecule has 1 amide bonds. The van der Waals surface area contributed by atoms with Gasteiger partial charge in [-0.05, 0) is 43.2 Å². The van der Waals surface area contributed by atoms with Crippen molar-refractivity contribution in [1.29, 1.82) is 0 Å². The summed E-state index contributed by atoms with van der Waals surface area (Å²) in [4.78, 5) is 21.3. The molecular formula is C22H28BrN3O2. The van der Waals surface area contributed by atoms with Crippen LogP contribution in [0.15, 0.2) is 53.1 Å². The van der Waals surface area contributed by atoms with Gasteiger partial charge in [-0.1, -0.05) is 28.1 Å². The van der Waals surface area contributed by atoms with Gasteiger partial charge < -0.3 is 14.5 Å². The number of hydrogen-bond donors (Lipinski definition) is 0. The number of pyridine rings is 1. The molecule has 1 aromatic carbocycles. The van der Waals surface area contributed by atoms with E-state index in [1.807, 2.05) is 54.5 Å². The first-order valence-corrected chi connectivity index (χ1v) is 10.7. The zero-order valence-electron chi connectivity index (χ0n) is 16.4. The highest BCUT2D eigenvalue weighted by atomic mass is 79.9. The van der Waals surface area contributed by atoms with Gasteiger partial charge in [-0.3, -0.25) is 9.78 Å². The summed E-state index contributed by atoms with van der Waals surface area (Å²) in [5.74, 6) is 0.938. The number of rotatable bonds is 8. The third-order valence-electron chi connectivity index (χ3n) is 5.29. The standard InChI is InChI=1S/C22H28BrN3O2/c1-25(22(27)11-16-28-21-7-4-5-18(23)17-21)20-9-14-26(15-10-20)13-8-19-6-2-3-12-24-19/h2-7,12,17,20H,8-11,13-16H2,1H3. The van der Waals surface area contributed by atoms with Gasteiger partial charge in [0.1, 0.15) is 5.75 Å². The molecule has 6 heteroatoms. The maximum atomic E-state index is 12.5. The molecule has 0 unspecified atom stereocenters. The van der Waals surface area contributed by atoms with Crippen LogP contribution in [0.3, 0.4) is 0 Å². The van der Waals surface area contributed by atoms with Crippen LogP contribution in [-0.2, 0) is 11.2 Å². The normalized spacial score (nSPS) is 15.4. The van der Waals surface area contributed by atoms with E-state index in [2.05, 4.69) is 31.9 Å². The Labute approximate surface area is 175 Å². The highest BCUT2D eigenvalue weighted by Crippen LogP contribution is 2.19. The predicted molar refractivity (Wildman–Crippen MR) is 114 cm³/mol. The molecular weight excluding hydrogens is 418 g/mol. The second kappa shape index (κ2) is 10.6. The molecule has 0 aliphatic carbocycles. The Morgan fingerprint density at radius 1 is 1.25 bits per heavy atom. The van der Waals surface area contributed by atoms with E-state index >= 15 is 0 Å². The lowest BCUT2D eigenvalue weighted by molar-refractivity contribution is -0.133. The maximum absolute atomic E-state index is 12.5. The smallest absolute Gasteiger partial charge is 0.225 e. The Kier molecular flexibility index (Phi) is 7.86. The predicted octanol–water partition coefficient (Wildman–Crippen LogP) is 3.78. The molecule has 150 valence electrons. The van der Waals surface area contributed by atoms with Crippen molar-refractivity contribution in [2.45, 2.75) is 31.7 Å². The summed E-state index contributed by atoms with van der Waals surface area (Å²) < 4.78 is 6.67. The fraction of sp³-hybridized carbons (Fsp3) is 0.455. The van der Waals surface area contributed by atoms with E-state index in [1.165, 1.54) is 0 Å². The Hall–Kier alpha value is -1.92. The summed E-state index contributed by atoms with van der Waals surface area (Å²) >= 11 is 3.42. The monoisotopic (exact) mass is 445 g/mol. The summed E-state index contributed by atoms with van der Waals surface area (Å²) in [7, 11) is 1.93. The Morgan fingerprint density at radius 2 is 2.07 bits per heavy atom. The summed E-state index contributed by atoms with van der Waals surface area (Å²) in [6.07, 6.45) is 5.28. The Balaban J connectivity index is 1.35. The van der Waals surface area contributed by atoms with E-state index in [0.29, 0.717) is 19.1 Å². The Bertz CT molecular complexity index is 748. The van der Waals surface area contributed by atoms with E-state index in [9.17, 15) is 4.79 Å². The number of amides is 1. The average Bonchev–Trinajstić information content (AvgIpc) is 2.73. The number of likely N-dealkylation sites (tertiary alicyclic amines) is 1. The van der Waals surface area contributed by atoms with Crippen LogP contribution < -0.4 is 4.74 Å². The van der Waals surface area contributed by atoms with Gasteiger partial charge in [0.05, 0.1) is 13.0 Å². The number of carbonyl (C=O) groups excluding carboxylic acids is 1. The summed E-state index contributed by atoms with van der Waals surface area (Å²) in [6.45, 7) is 3.50.